The van der Waals surface area contributed by atoms with E-state index < -0.39 is 6.04 Å². The summed E-state index contributed by atoms with van der Waals surface area (Å²) in [4.78, 5) is 18.1. The third-order valence-corrected chi connectivity index (χ3v) is 8.80. The van der Waals surface area contributed by atoms with Gasteiger partial charge in [0.05, 0.1) is 11.6 Å². The van der Waals surface area contributed by atoms with Gasteiger partial charge in [-0.2, -0.15) is 4.98 Å². The first-order valence-electron chi connectivity index (χ1n) is 12.9. The molecule has 0 amide bonds. The molecule has 40 heavy (non-hydrogen) atoms. The predicted molar refractivity (Wildman–Crippen MR) is 160 cm³/mol. The van der Waals surface area contributed by atoms with Crippen molar-refractivity contribution in [2.24, 2.45) is 0 Å². The number of nitrogens with one attached hydrogen (secondary N) is 1. The second-order valence-corrected chi connectivity index (χ2v) is 11.8. The van der Waals surface area contributed by atoms with E-state index in [-0.39, 0.29) is 5.78 Å². The largest absolute Gasteiger partial charge is 0.493 e. The fourth-order valence-corrected chi connectivity index (χ4v) is 6.72. The molecule has 1 aromatic heterocycles. The molecule has 0 saturated heterocycles. The Morgan fingerprint density at radius 3 is 2.73 bits per heavy atom. The number of fused-ring (bicyclic) bond motifs is 1. The van der Waals surface area contributed by atoms with Crippen molar-refractivity contribution >= 4 is 51.0 Å². The van der Waals surface area contributed by atoms with Crippen molar-refractivity contribution in [2.75, 3.05) is 12.4 Å². The third-order valence-electron chi connectivity index (χ3n) is 6.96. The number of methoxy groups -OCH3 is 1. The van der Waals surface area contributed by atoms with Crippen molar-refractivity contribution in [1.82, 2.24) is 14.8 Å². The molecule has 0 saturated carbocycles. The van der Waals surface area contributed by atoms with Crippen LogP contribution in [0.3, 0.4) is 0 Å². The maximum atomic E-state index is 13.3. The normalized spacial score (nSPS) is 16.3. The minimum absolute atomic E-state index is 0.115. The van der Waals surface area contributed by atoms with Gasteiger partial charge in [-0.3, -0.25) is 4.79 Å². The standard InChI is InChI=1S/C30H26BrClN4O3S/c1-38-25-15-20(14-21(31)28(25)39-16-18-8-3-2-4-9-18)27-26-23(12-7-13-24(26)37)33-29-34-30(35-36(27)29)40-17-19-10-5-6-11-22(19)32/h2-6,8-11,14-15,27H,7,12-13,16-17H2,1H3,(H,33,34,35). The predicted octanol–water partition coefficient (Wildman–Crippen LogP) is 7.60. The number of rotatable bonds is 8. The summed E-state index contributed by atoms with van der Waals surface area (Å²) in [5.41, 5.74) is 4.55. The van der Waals surface area contributed by atoms with Crippen molar-refractivity contribution in [3.63, 3.8) is 0 Å². The van der Waals surface area contributed by atoms with Gasteiger partial charge in [-0.05, 0) is 63.7 Å². The molecule has 1 aliphatic heterocycles. The van der Waals surface area contributed by atoms with E-state index >= 15 is 0 Å². The van der Waals surface area contributed by atoms with Gasteiger partial charge < -0.3 is 14.8 Å². The van der Waals surface area contributed by atoms with Crippen LogP contribution in [0.25, 0.3) is 0 Å². The van der Waals surface area contributed by atoms with Crippen LogP contribution in [0.2, 0.25) is 5.02 Å². The molecule has 1 N–H and O–H groups in total. The Labute approximate surface area is 250 Å². The van der Waals surface area contributed by atoms with E-state index in [0.29, 0.717) is 46.4 Å². The number of ether oxygens (including phenoxy) is 2. The molecule has 2 aliphatic rings. The van der Waals surface area contributed by atoms with Crippen LogP contribution in [0.15, 0.2) is 87.6 Å². The lowest BCUT2D eigenvalue weighted by atomic mass is 9.85. The molecule has 0 spiro atoms. The third kappa shape index (κ3) is 5.38. The van der Waals surface area contributed by atoms with Crippen molar-refractivity contribution in [2.45, 2.75) is 42.8 Å². The molecule has 6 rings (SSSR count). The number of hydrogen-bond donors (Lipinski definition) is 1. The van der Waals surface area contributed by atoms with E-state index in [1.54, 1.807) is 7.11 Å². The number of ketones is 1. The van der Waals surface area contributed by atoms with Crippen molar-refractivity contribution < 1.29 is 14.3 Å². The zero-order valence-electron chi connectivity index (χ0n) is 21.7. The lowest BCUT2D eigenvalue weighted by molar-refractivity contribution is -0.116. The number of thioether (sulfide) groups is 1. The van der Waals surface area contributed by atoms with Crippen LogP contribution < -0.4 is 14.8 Å². The van der Waals surface area contributed by atoms with Crippen LogP contribution in [-0.4, -0.2) is 27.7 Å². The number of Topliss-reactive ketones (excluding diaryl/α,β-unsaturated/α-hetero) is 1. The number of benzene rings is 3. The molecule has 3 aromatic carbocycles. The summed E-state index contributed by atoms with van der Waals surface area (Å²) in [6, 6.07) is 21.2. The highest BCUT2D eigenvalue weighted by molar-refractivity contribution is 9.10. The van der Waals surface area contributed by atoms with Gasteiger partial charge in [0, 0.05) is 28.5 Å². The van der Waals surface area contributed by atoms with Crippen LogP contribution in [0, 0.1) is 0 Å². The molecular weight excluding hydrogens is 612 g/mol. The van der Waals surface area contributed by atoms with Crippen LogP contribution in [0.5, 0.6) is 11.5 Å². The zero-order valence-corrected chi connectivity index (χ0v) is 24.9. The Balaban J connectivity index is 1.35. The first-order chi connectivity index (χ1) is 19.5. The number of allylic oxidation sites excluding steroid dienone is 2. The molecule has 7 nitrogen and oxygen atoms in total. The molecule has 0 radical (unpaired) electrons. The number of carbonyl (C=O) groups excluding carboxylic acids is 1. The monoisotopic (exact) mass is 636 g/mol. The molecular formula is C30H26BrClN4O3S. The molecule has 4 aromatic rings. The summed E-state index contributed by atoms with van der Waals surface area (Å²) >= 11 is 11.6. The van der Waals surface area contributed by atoms with Gasteiger partial charge in [-0.25, -0.2) is 4.68 Å². The number of aromatic nitrogens is 3. The van der Waals surface area contributed by atoms with E-state index in [9.17, 15) is 4.79 Å². The Kier molecular flexibility index (Phi) is 7.87. The first-order valence-corrected chi connectivity index (χ1v) is 15.1. The smallest absolute Gasteiger partial charge is 0.227 e. The summed E-state index contributed by atoms with van der Waals surface area (Å²) in [5.74, 6) is 2.53. The maximum Gasteiger partial charge on any atom is 0.227 e. The second-order valence-electron chi connectivity index (χ2n) is 9.55. The van der Waals surface area contributed by atoms with Crippen LogP contribution in [-0.2, 0) is 17.2 Å². The van der Waals surface area contributed by atoms with Crippen LogP contribution in [0.1, 0.15) is 42.0 Å². The van der Waals surface area contributed by atoms with E-state index in [2.05, 4.69) is 21.2 Å². The highest BCUT2D eigenvalue weighted by Crippen LogP contribution is 2.45. The van der Waals surface area contributed by atoms with Gasteiger partial charge in [0.2, 0.25) is 11.1 Å². The number of nitrogens with zero attached hydrogens (tertiary/aromatic N) is 3. The molecule has 1 aliphatic carbocycles. The lowest BCUT2D eigenvalue weighted by Gasteiger charge is -2.32. The van der Waals surface area contributed by atoms with Crippen LogP contribution >= 0.6 is 39.3 Å². The van der Waals surface area contributed by atoms with Gasteiger partial charge in [0.1, 0.15) is 12.6 Å². The van der Waals surface area contributed by atoms with Gasteiger partial charge in [0.15, 0.2) is 17.3 Å². The molecule has 0 bridgehead atoms. The Bertz CT molecular complexity index is 1610. The number of halogens is 2. The SMILES string of the molecule is COc1cc(C2C3=C(CCCC3=O)Nc3nc(SCc4ccccc4Cl)nn32)cc(Br)c1OCc1ccccc1. The van der Waals surface area contributed by atoms with Crippen molar-refractivity contribution in [1.29, 1.82) is 0 Å². The Morgan fingerprint density at radius 2 is 1.93 bits per heavy atom. The zero-order chi connectivity index (χ0) is 27.6. The summed E-state index contributed by atoms with van der Waals surface area (Å²) in [6.07, 6.45) is 2.09. The molecule has 10 heteroatoms. The quantitative estimate of drug-likeness (QED) is 0.199. The summed E-state index contributed by atoms with van der Waals surface area (Å²) in [5, 5.41) is 9.56. The van der Waals surface area contributed by atoms with Gasteiger partial charge in [0.25, 0.3) is 0 Å². The Hall–Kier alpha value is -3.27. The van der Waals surface area contributed by atoms with E-state index in [1.165, 1.54) is 11.8 Å². The van der Waals surface area contributed by atoms with Crippen molar-refractivity contribution in [3.05, 3.63) is 104 Å². The highest BCUT2D eigenvalue weighted by atomic mass is 79.9. The average molecular weight is 638 g/mol. The molecule has 0 fully saturated rings. The molecule has 2 heterocycles. The fourth-order valence-electron chi connectivity index (χ4n) is 5.03. The van der Waals surface area contributed by atoms with Gasteiger partial charge in [-0.15, -0.1) is 5.10 Å². The topological polar surface area (TPSA) is 78.3 Å². The molecule has 1 atom stereocenters. The molecule has 1 unspecified atom stereocenters. The van der Waals surface area contributed by atoms with Crippen molar-refractivity contribution in [3.8, 4) is 11.5 Å². The lowest BCUT2D eigenvalue weighted by Crippen LogP contribution is -2.31. The number of anilines is 1. The van der Waals surface area contributed by atoms with E-state index in [1.807, 2.05) is 71.4 Å². The second kappa shape index (κ2) is 11.7. The van der Waals surface area contributed by atoms with Gasteiger partial charge in [-0.1, -0.05) is 71.9 Å². The molecule has 204 valence electrons. The minimum atomic E-state index is -0.449. The van der Waals surface area contributed by atoms with E-state index in [4.69, 9.17) is 31.2 Å². The number of hydrogen-bond acceptors (Lipinski definition) is 7. The highest BCUT2D eigenvalue weighted by Gasteiger charge is 2.37. The summed E-state index contributed by atoms with van der Waals surface area (Å²) in [7, 11) is 1.62. The number of carbonyl (C=O) groups is 1. The summed E-state index contributed by atoms with van der Waals surface area (Å²) in [6.45, 7) is 0.398. The van der Waals surface area contributed by atoms with Gasteiger partial charge >= 0.3 is 0 Å². The minimum Gasteiger partial charge on any atom is -0.493 e. The van der Waals surface area contributed by atoms with E-state index in [0.717, 1.165) is 45.3 Å². The Morgan fingerprint density at radius 1 is 1.12 bits per heavy atom. The average Bonchev–Trinajstić information content (AvgIpc) is 3.38. The first kappa shape index (κ1) is 26.9. The summed E-state index contributed by atoms with van der Waals surface area (Å²) < 4.78 is 14.5. The maximum absolute atomic E-state index is 13.3. The fraction of sp³-hybridized carbons (Fsp3) is 0.233. The van der Waals surface area contributed by atoms with Crippen LogP contribution in [0.4, 0.5) is 5.95 Å².